The smallest absolute Gasteiger partial charge is 0.203 e. The van der Waals surface area contributed by atoms with Crippen LogP contribution in [0.1, 0.15) is 5.56 Å². The van der Waals surface area contributed by atoms with Crippen LogP contribution in [-0.4, -0.2) is 76.8 Å². The average Bonchev–Trinajstić information content (AvgIpc) is 2.77. The van der Waals surface area contributed by atoms with Crippen LogP contribution in [0.5, 0.6) is 23.0 Å². The van der Waals surface area contributed by atoms with Gasteiger partial charge in [-0.25, -0.2) is 0 Å². The number of quaternary nitrogens is 1. The number of para-hydroxylation sites is 1. The van der Waals surface area contributed by atoms with Gasteiger partial charge in [0.05, 0.1) is 34.4 Å². The minimum Gasteiger partial charge on any atom is -1.00 e. The Morgan fingerprint density at radius 3 is 2.16 bits per heavy atom. The number of methoxy groups -OCH3 is 3. The van der Waals surface area contributed by atoms with Crippen LogP contribution in [-0.2, 0) is 0 Å². The first kappa shape index (κ1) is 25.1. The molecule has 31 heavy (non-hydrogen) atoms. The topological polar surface area (TPSA) is 64.8 Å². The Labute approximate surface area is 190 Å². The van der Waals surface area contributed by atoms with Crippen LogP contribution >= 0.6 is 0 Å². The second kappa shape index (κ2) is 12.0. The molecule has 1 heterocycles. The number of piperazine rings is 1. The SMILES string of the molecule is COc1cc(OCC(O)CN2CC[NH+](c3ccccc3C)CC2)cc(OC)c1OC.[Cl-]. The summed E-state index contributed by atoms with van der Waals surface area (Å²) in [4.78, 5) is 3.80. The zero-order valence-electron chi connectivity index (χ0n) is 18.7. The van der Waals surface area contributed by atoms with Crippen molar-refractivity contribution in [1.82, 2.24) is 4.90 Å². The predicted molar refractivity (Wildman–Crippen MR) is 116 cm³/mol. The summed E-state index contributed by atoms with van der Waals surface area (Å²) in [6, 6.07) is 12.0. The van der Waals surface area contributed by atoms with E-state index in [0.29, 0.717) is 29.5 Å². The highest BCUT2D eigenvalue weighted by Gasteiger charge is 2.24. The Morgan fingerprint density at radius 2 is 1.61 bits per heavy atom. The van der Waals surface area contributed by atoms with Crippen molar-refractivity contribution in [3.05, 3.63) is 42.0 Å². The van der Waals surface area contributed by atoms with Crippen LogP contribution in [0.2, 0.25) is 0 Å². The number of nitrogens with zero attached hydrogens (tertiary/aromatic N) is 1. The van der Waals surface area contributed by atoms with Crippen LogP contribution < -0.4 is 36.3 Å². The van der Waals surface area contributed by atoms with Crippen LogP contribution in [0, 0.1) is 6.92 Å². The molecule has 3 rings (SSSR count). The Kier molecular flexibility index (Phi) is 9.71. The van der Waals surface area contributed by atoms with Gasteiger partial charge in [0.1, 0.15) is 24.1 Å². The molecule has 172 valence electrons. The fourth-order valence-electron chi connectivity index (χ4n) is 3.93. The van der Waals surface area contributed by atoms with E-state index >= 15 is 0 Å². The molecule has 1 aliphatic heterocycles. The van der Waals surface area contributed by atoms with Gasteiger partial charge in [-0.05, 0) is 13.0 Å². The molecule has 1 atom stereocenters. The lowest BCUT2D eigenvalue weighted by Gasteiger charge is -2.33. The van der Waals surface area contributed by atoms with E-state index in [9.17, 15) is 5.11 Å². The molecule has 0 aliphatic carbocycles. The summed E-state index contributed by atoms with van der Waals surface area (Å²) in [5.74, 6) is 2.13. The van der Waals surface area contributed by atoms with E-state index in [1.807, 2.05) is 0 Å². The summed E-state index contributed by atoms with van der Waals surface area (Å²) in [7, 11) is 4.69. The molecule has 0 aromatic heterocycles. The summed E-state index contributed by atoms with van der Waals surface area (Å²) in [5, 5.41) is 10.5. The molecule has 8 heteroatoms. The number of benzene rings is 2. The molecule has 0 spiro atoms. The Bertz CT molecular complexity index is 802. The van der Waals surface area contributed by atoms with Crippen molar-refractivity contribution in [1.29, 1.82) is 0 Å². The highest BCUT2D eigenvalue weighted by Crippen LogP contribution is 2.40. The van der Waals surface area contributed by atoms with E-state index in [1.54, 1.807) is 33.5 Å². The van der Waals surface area contributed by atoms with Crippen molar-refractivity contribution in [3.8, 4) is 23.0 Å². The van der Waals surface area contributed by atoms with E-state index < -0.39 is 6.10 Å². The summed E-state index contributed by atoms with van der Waals surface area (Å²) in [6.45, 7) is 6.92. The summed E-state index contributed by atoms with van der Waals surface area (Å²) >= 11 is 0. The molecular weight excluding hydrogens is 420 g/mol. The predicted octanol–water partition coefficient (Wildman–Crippen LogP) is -1.70. The number of aliphatic hydroxyl groups excluding tert-OH is 1. The number of aryl methyl sites for hydroxylation is 1. The standard InChI is InChI=1S/C23H32N2O5.ClH/c1-17-7-5-6-8-20(17)25-11-9-24(10-12-25)15-18(26)16-30-19-13-21(27-2)23(29-4)22(14-19)28-3;/h5-8,13-14,18,26H,9-12,15-16H2,1-4H3;1H. The van der Waals surface area contributed by atoms with Gasteiger partial charge in [0.25, 0.3) is 0 Å². The molecule has 1 unspecified atom stereocenters. The minimum absolute atomic E-state index is 0. The number of hydrogen-bond donors (Lipinski definition) is 2. The second-order valence-electron chi connectivity index (χ2n) is 7.54. The molecule has 1 aliphatic rings. The van der Waals surface area contributed by atoms with Gasteiger partial charge < -0.3 is 41.4 Å². The lowest BCUT2D eigenvalue weighted by atomic mass is 10.1. The Morgan fingerprint density at radius 1 is 1.00 bits per heavy atom. The molecule has 2 aromatic rings. The first-order valence-electron chi connectivity index (χ1n) is 10.3. The van der Waals surface area contributed by atoms with Crippen LogP contribution in [0.25, 0.3) is 0 Å². The van der Waals surface area contributed by atoms with Gasteiger partial charge in [-0.3, -0.25) is 4.90 Å². The number of ether oxygens (including phenoxy) is 4. The van der Waals surface area contributed by atoms with Crippen LogP contribution in [0.15, 0.2) is 36.4 Å². The van der Waals surface area contributed by atoms with E-state index in [2.05, 4.69) is 36.1 Å². The third-order valence-corrected chi connectivity index (χ3v) is 5.54. The minimum atomic E-state index is -0.580. The maximum atomic E-state index is 10.5. The van der Waals surface area contributed by atoms with Gasteiger partial charge in [0.2, 0.25) is 5.75 Å². The highest BCUT2D eigenvalue weighted by molar-refractivity contribution is 5.55. The van der Waals surface area contributed by atoms with Gasteiger partial charge in [0.15, 0.2) is 11.5 Å². The zero-order valence-corrected chi connectivity index (χ0v) is 19.4. The molecule has 0 radical (unpaired) electrons. The number of β-amino-alcohol motifs (C(OH)–C–C–N with tert-alkyl or cyclic N) is 1. The molecule has 2 N–H and O–H groups in total. The van der Waals surface area contributed by atoms with Gasteiger partial charge >= 0.3 is 0 Å². The van der Waals surface area contributed by atoms with E-state index in [4.69, 9.17) is 18.9 Å². The molecule has 7 nitrogen and oxygen atoms in total. The summed E-state index contributed by atoms with van der Waals surface area (Å²) < 4.78 is 21.8. The summed E-state index contributed by atoms with van der Waals surface area (Å²) in [5.41, 5.74) is 2.71. The Hall–Kier alpha value is -2.19. The molecule has 1 fully saturated rings. The monoisotopic (exact) mass is 452 g/mol. The molecule has 1 saturated heterocycles. The fourth-order valence-corrected chi connectivity index (χ4v) is 3.93. The van der Waals surface area contributed by atoms with Crippen LogP contribution in [0.3, 0.4) is 0 Å². The number of hydrogen-bond acceptors (Lipinski definition) is 6. The van der Waals surface area contributed by atoms with Crippen LogP contribution in [0.4, 0.5) is 5.69 Å². The third-order valence-electron chi connectivity index (χ3n) is 5.54. The molecule has 0 bridgehead atoms. The van der Waals surface area contributed by atoms with Gasteiger partial charge in [-0.2, -0.15) is 0 Å². The first-order valence-corrected chi connectivity index (χ1v) is 10.3. The second-order valence-corrected chi connectivity index (χ2v) is 7.54. The normalized spacial score (nSPS) is 15.6. The van der Waals surface area contributed by atoms with Crippen molar-refractivity contribution >= 4 is 5.69 Å². The molecule has 2 aromatic carbocycles. The Balaban J connectivity index is 0.00000341. The number of halogens is 1. The third kappa shape index (κ3) is 6.40. The molecule has 0 saturated carbocycles. The maximum Gasteiger partial charge on any atom is 0.203 e. The fraction of sp³-hybridized carbons (Fsp3) is 0.478. The van der Waals surface area contributed by atoms with Crippen molar-refractivity contribution in [3.63, 3.8) is 0 Å². The number of aliphatic hydroxyl groups is 1. The van der Waals surface area contributed by atoms with Gasteiger partial charge in [0, 0.05) is 37.3 Å². The van der Waals surface area contributed by atoms with Crippen molar-refractivity contribution in [2.45, 2.75) is 13.0 Å². The van der Waals surface area contributed by atoms with Crippen molar-refractivity contribution < 1.29 is 41.4 Å². The molecule has 0 amide bonds. The van der Waals surface area contributed by atoms with Crippen molar-refractivity contribution in [2.24, 2.45) is 0 Å². The quantitative estimate of drug-likeness (QED) is 0.473. The average molecular weight is 453 g/mol. The van der Waals surface area contributed by atoms with E-state index in [1.165, 1.54) is 16.2 Å². The van der Waals surface area contributed by atoms with E-state index in [0.717, 1.165) is 26.2 Å². The number of nitrogens with one attached hydrogen (secondary N) is 1. The maximum absolute atomic E-state index is 10.5. The zero-order chi connectivity index (χ0) is 21.5. The van der Waals surface area contributed by atoms with Gasteiger partial charge in [-0.15, -0.1) is 0 Å². The highest BCUT2D eigenvalue weighted by atomic mass is 35.5. The lowest BCUT2D eigenvalue weighted by molar-refractivity contribution is -0.838. The molecular formula is C23H33ClN2O5. The number of rotatable bonds is 9. The summed E-state index contributed by atoms with van der Waals surface area (Å²) in [6.07, 6.45) is -0.580. The largest absolute Gasteiger partial charge is 1.00 e. The van der Waals surface area contributed by atoms with E-state index in [-0.39, 0.29) is 19.0 Å². The first-order chi connectivity index (χ1) is 14.5. The van der Waals surface area contributed by atoms with Crippen molar-refractivity contribution in [2.75, 3.05) is 60.7 Å². The van der Waals surface area contributed by atoms with Gasteiger partial charge in [-0.1, -0.05) is 18.2 Å². The lowest BCUT2D eigenvalue weighted by Crippen LogP contribution is -3.10.